The van der Waals surface area contributed by atoms with Crippen LogP contribution < -0.4 is 0 Å². The van der Waals surface area contributed by atoms with E-state index in [4.69, 9.17) is 0 Å². The molecule has 1 aliphatic heterocycles. The molecule has 1 amide bonds. The smallest absolute Gasteiger partial charge is 0.254 e. The van der Waals surface area contributed by atoms with Gasteiger partial charge in [-0.15, -0.1) is 0 Å². The zero-order chi connectivity index (χ0) is 21.4. The topological polar surface area (TPSA) is 69.2 Å². The number of nitrogens with one attached hydrogen (secondary N) is 1. The Labute approximate surface area is 181 Å². The Balaban J connectivity index is 1.47. The number of rotatable bonds is 3. The summed E-state index contributed by atoms with van der Waals surface area (Å²) < 4.78 is 0. The molecule has 156 valence electrons. The molecular formula is C26H25N3O2. The maximum Gasteiger partial charge on any atom is 0.254 e. The lowest BCUT2D eigenvalue weighted by molar-refractivity contribution is 0.0546. The van der Waals surface area contributed by atoms with Crippen molar-refractivity contribution in [3.05, 3.63) is 78.0 Å². The van der Waals surface area contributed by atoms with Gasteiger partial charge in [0.1, 0.15) is 5.65 Å². The number of pyridine rings is 1. The Morgan fingerprint density at radius 2 is 1.77 bits per heavy atom. The molecule has 5 rings (SSSR count). The van der Waals surface area contributed by atoms with E-state index in [2.05, 4.69) is 34.2 Å². The molecule has 0 saturated carbocycles. The van der Waals surface area contributed by atoms with Gasteiger partial charge in [-0.3, -0.25) is 4.79 Å². The van der Waals surface area contributed by atoms with E-state index < -0.39 is 0 Å². The van der Waals surface area contributed by atoms with E-state index in [-0.39, 0.29) is 12.0 Å². The first-order valence-corrected chi connectivity index (χ1v) is 10.7. The van der Waals surface area contributed by atoms with Gasteiger partial charge in [-0.25, -0.2) is 4.98 Å². The summed E-state index contributed by atoms with van der Waals surface area (Å²) in [6.07, 6.45) is 2.84. The van der Waals surface area contributed by atoms with Gasteiger partial charge in [-0.05, 0) is 54.7 Å². The van der Waals surface area contributed by atoms with E-state index in [0.717, 1.165) is 39.0 Å². The summed E-state index contributed by atoms with van der Waals surface area (Å²) in [5.74, 6) is 0.0355. The second-order valence-corrected chi connectivity index (χ2v) is 8.26. The fourth-order valence-electron chi connectivity index (χ4n) is 4.22. The Kier molecular flexibility index (Phi) is 5.04. The Hall–Kier alpha value is -3.44. The van der Waals surface area contributed by atoms with E-state index in [9.17, 15) is 9.90 Å². The predicted octanol–water partition coefficient (Wildman–Crippen LogP) is 4.80. The molecule has 1 saturated heterocycles. The van der Waals surface area contributed by atoms with Gasteiger partial charge in [0.25, 0.3) is 5.91 Å². The Bertz CT molecular complexity index is 1240. The number of carbonyl (C=O) groups is 1. The molecular weight excluding hydrogens is 386 g/mol. The number of H-pyrrole nitrogens is 1. The lowest BCUT2D eigenvalue weighted by Gasteiger charge is -2.30. The average Bonchev–Trinajstić information content (AvgIpc) is 3.23. The van der Waals surface area contributed by atoms with Crippen LogP contribution in [-0.2, 0) is 0 Å². The van der Waals surface area contributed by atoms with Gasteiger partial charge in [0.15, 0.2) is 0 Å². The number of aryl methyl sites for hydroxylation is 1. The monoisotopic (exact) mass is 411 g/mol. The molecule has 2 aromatic carbocycles. The number of likely N-dealkylation sites (tertiary alicyclic amines) is 1. The number of amides is 1. The van der Waals surface area contributed by atoms with Gasteiger partial charge < -0.3 is 15.0 Å². The van der Waals surface area contributed by atoms with E-state index in [0.29, 0.717) is 31.5 Å². The Morgan fingerprint density at radius 1 is 1.00 bits per heavy atom. The molecule has 0 aliphatic carbocycles. The fraction of sp³-hybridized carbons (Fsp3) is 0.231. The summed E-state index contributed by atoms with van der Waals surface area (Å²) in [6, 6.07) is 20.4. The van der Waals surface area contributed by atoms with Crippen molar-refractivity contribution in [2.75, 3.05) is 13.1 Å². The van der Waals surface area contributed by atoms with Crippen LogP contribution in [0.1, 0.15) is 28.8 Å². The second kappa shape index (κ2) is 8.00. The fourth-order valence-corrected chi connectivity index (χ4v) is 4.22. The van der Waals surface area contributed by atoms with E-state index in [1.54, 1.807) is 0 Å². The van der Waals surface area contributed by atoms with Crippen LogP contribution >= 0.6 is 0 Å². The van der Waals surface area contributed by atoms with Crippen molar-refractivity contribution in [1.82, 2.24) is 14.9 Å². The van der Waals surface area contributed by atoms with Crippen LogP contribution in [0.3, 0.4) is 0 Å². The molecule has 1 fully saturated rings. The van der Waals surface area contributed by atoms with Crippen LogP contribution in [0.5, 0.6) is 0 Å². The minimum absolute atomic E-state index is 0.0355. The number of aliphatic hydroxyl groups is 1. The molecule has 2 aromatic heterocycles. The molecule has 0 bridgehead atoms. The first-order chi connectivity index (χ1) is 15.1. The minimum atomic E-state index is -0.295. The van der Waals surface area contributed by atoms with Crippen LogP contribution in [0.2, 0.25) is 0 Å². The lowest BCUT2D eigenvalue weighted by atomic mass is 9.98. The van der Waals surface area contributed by atoms with Gasteiger partial charge in [0.05, 0.1) is 6.10 Å². The highest BCUT2D eigenvalue weighted by atomic mass is 16.3. The molecule has 5 nitrogen and oxygen atoms in total. The third-order valence-electron chi connectivity index (χ3n) is 6.11. The van der Waals surface area contributed by atoms with Crippen LogP contribution in [0.25, 0.3) is 33.4 Å². The third-order valence-corrected chi connectivity index (χ3v) is 6.11. The molecule has 0 atom stereocenters. The molecule has 0 spiro atoms. The van der Waals surface area contributed by atoms with Crippen molar-refractivity contribution < 1.29 is 9.90 Å². The van der Waals surface area contributed by atoms with Crippen molar-refractivity contribution in [2.24, 2.45) is 0 Å². The molecule has 31 heavy (non-hydrogen) atoms. The number of aromatic nitrogens is 2. The quantitative estimate of drug-likeness (QED) is 0.509. The van der Waals surface area contributed by atoms with Gasteiger partial charge >= 0.3 is 0 Å². The van der Waals surface area contributed by atoms with Crippen molar-refractivity contribution in [2.45, 2.75) is 25.9 Å². The van der Waals surface area contributed by atoms with Crippen LogP contribution in [-0.4, -0.2) is 45.1 Å². The molecule has 0 radical (unpaired) electrons. The van der Waals surface area contributed by atoms with E-state index in [1.807, 2.05) is 54.4 Å². The number of fused-ring (bicyclic) bond motifs is 1. The van der Waals surface area contributed by atoms with E-state index >= 15 is 0 Å². The van der Waals surface area contributed by atoms with Crippen molar-refractivity contribution in [3.63, 3.8) is 0 Å². The molecule has 2 N–H and O–H groups in total. The average molecular weight is 412 g/mol. The number of nitrogens with zero attached hydrogens (tertiary/aromatic N) is 2. The summed E-state index contributed by atoms with van der Waals surface area (Å²) in [7, 11) is 0. The molecule has 1 aliphatic rings. The van der Waals surface area contributed by atoms with Crippen LogP contribution in [0.15, 0.2) is 66.9 Å². The summed E-state index contributed by atoms with van der Waals surface area (Å²) in [5.41, 5.74) is 6.63. The lowest BCUT2D eigenvalue weighted by Crippen LogP contribution is -2.40. The first-order valence-electron chi connectivity index (χ1n) is 10.7. The zero-order valence-electron chi connectivity index (χ0n) is 17.5. The Morgan fingerprint density at radius 3 is 2.55 bits per heavy atom. The highest BCUT2D eigenvalue weighted by Gasteiger charge is 2.23. The number of carbonyl (C=O) groups excluding carboxylic acids is 1. The minimum Gasteiger partial charge on any atom is -0.393 e. The van der Waals surface area contributed by atoms with E-state index in [1.165, 1.54) is 0 Å². The summed E-state index contributed by atoms with van der Waals surface area (Å²) in [4.78, 5) is 23.0. The normalized spacial score (nSPS) is 14.8. The van der Waals surface area contributed by atoms with Gasteiger partial charge in [-0.2, -0.15) is 0 Å². The van der Waals surface area contributed by atoms with Crippen molar-refractivity contribution in [1.29, 1.82) is 0 Å². The number of aliphatic hydroxyl groups excluding tert-OH is 1. The highest BCUT2D eigenvalue weighted by molar-refractivity contribution is 5.97. The number of hydrogen-bond acceptors (Lipinski definition) is 3. The number of hydrogen-bond donors (Lipinski definition) is 2. The first kappa shape index (κ1) is 19.5. The standard InChI is InChI=1S/C26H25N3O2/c1-17-7-8-19(14-23(17)26(31)29-11-9-22(30)10-12-29)21-13-20-15-24(28-25(20)27-16-21)18-5-3-2-4-6-18/h2-8,13-16,22,30H,9-12H2,1H3,(H,27,28). The summed E-state index contributed by atoms with van der Waals surface area (Å²) in [6.45, 7) is 3.17. The van der Waals surface area contributed by atoms with Crippen LogP contribution in [0.4, 0.5) is 0 Å². The second-order valence-electron chi connectivity index (χ2n) is 8.26. The predicted molar refractivity (Wildman–Crippen MR) is 123 cm³/mol. The number of piperidine rings is 1. The summed E-state index contributed by atoms with van der Waals surface area (Å²) >= 11 is 0. The third kappa shape index (κ3) is 3.84. The SMILES string of the molecule is Cc1ccc(-c2cnc3[nH]c(-c4ccccc4)cc3c2)cc1C(=O)N1CCC(O)CC1. The molecule has 5 heteroatoms. The molecule has 3 heterocycles. The zero-order valence-corrected chi connectivity index (χ0v) is 17.5. The van der Waals surface area contributed by atoms with Crippen molar-refractivity contribution >= 4 is 16.9 Å². The largest absolute Gasteiger partial charge is 0.393 e. The number of aromatic amines is 1. The summed E-state index contributed by atoms with van der Waals surface area (Å²) in [5, 5.41) is 10.8. The maximum absolute atomic E-state index is 13.1. The van der Waals surface area contributed by atoms with Gasteiger partial charge in [-0.1, -0.05) is 42.5 Å². The highest BCUT2D eigenvalue weighted by Crippen LogP contribution is 2.29. The van der Waals surface area contributed by atoms with Crippen LogP contribution in [0, 0.1) is 6.92 Å². The van der Waals surface area contributed by atoms with Gasteiger partial charge in [0, 0.05) is 41.5 Å². The maximum atomic E-state index is 13.1. The van der Waals surface area contributed by atoms with Gasteiger partial charge in [0.2, 0.25) is 0 Å². The number of benzene rings is 2. The molecule has 4 aromatic rings. The van der Waals surface area contributed by atoms with Crippen molar-refractivity contribution in [3.8, 4) is 22.4 Å². The molecule has 0 unspecified atom stereocenters.